The molecule has 96 valence electrons. The molecular weight excluding hydrogens is 224 g/mol. The number of carbonyl (C=O) groups is 2. The van der Waals surface area contributed by atoms with E-state index in [-0.39, 0.29) is 19.0 Å². The molecule has 2 aliphatic rings. The van der Waals surface area contributed by atoms with Crippen molar-refractivity contribution >= 4 is 12.0 Å². The van der Waals surface area contributed by atoms with E-state index in [9.17, 15) is 14.7 Å². The van der Waals surface area contributed by atoms with E-state index in [0.717, 1.165) is 19.3 Å². The highest BCUT2D eigenvalue weighted by Crippen LogP contribution is 2.21. The van der Waals surface area contributed by atoms with Gasteiger partial charge in [0.1, 0.15) is 6.04 Å². The average molecular weight is 242 g/mol. The summed E-state index contributed by atoms with van der Waals surface area (Å²) >= 11 is 0. The third kappa shape index (κ3) is 2.52. The van der Waals surface area contributed by atoms with Gasteiger partial charge in [-0.1, -0.05) is 0 Å². The summed E-state index contributed by atoms with van der Waals surface area (Å²) in [7, 11) is 0. The summed E-state index contributed by atoms with van der Waals surface area (Å²) in [5.74, 6) is -1.04. The minimum atomic E-state index is -1.04. The highest BCUT2D eigenvalue weighted by atomic mass is 16.4. The highest BCUT2D eigenvalue weighted by molar-refractivity contribution is 5.83. The zero-order chi connectivity index (χ0) is 12.4. The van der Waals surface area contributed by atoms with Crippen molar-refractivity contribution in [3.63, 3.8) is 0 Å². The van der Waals surface area contributed by atoms with Gasteiger partial charge in [0, 0.05) is 26.1 Å². The lowest BCUT2D eigenvalue weighted by atomic mass is 10.1. The molecule has 2 aliphatic heterocycles. The summed E-state index contributed by atoms with van der Waals surface area (Å²) in [5.41, 5.74) is 0. The van der Waals surface area contributed by atoms with Crippen molar-refractivity contribution < 1.29 is 19.8 Å². The molecule has 0 aromatic rings. The van der Waals surface area contributed by atoms with E-state index in [0.29, 0.717) is 13.1 Å². The van der Waals surface area contributed by atoms with Gasteiger partial charge in [0.15, 0.2) is 0 Å². The normalized spacial score (nSPS) is 29.5. The number of nitrogens with zero attached hydrogens (tertiary/aromatic N) is 2. The summed E-state index contributed by atoms with van der Waals surface area (Å²) in [6.45, 7) is 1.52. The Bertz CT molecular complexity index is 315. The maximum absolute atomic E-state index is 12.1. The van der Waals surface area contributed by atoms with Crippen molar-refractivity contribution in [2.45, 2.75) is 37.8 Å². The van der Waals surface area contributed by atoms with Gasteiger partial charge in [-0.2, -0.15) is 0 Å². The Morgan fingerprint density at radius 3 is 2.35 bits per heavy atom. The van der Waals surface area contributed by atoms with E-state index in [1.807, 2.05) is 0 Å². The molecule has 0 saturated carbocycles. The van der Waals surface area contributed by atoms with Gasteiger partial charge < -0.3 is 20.0 Å². The second kappa shape index (κ2) is 4.91. The molecule has 2 amide bonds. The zero-order valence-corrected chi connectivity index (χ0v) is 9.71. The van der Waals surface area contributed by atoms with Crippen LogP contribution >= 0.6 is 0 Å². The summed E-state index contributed by atoms with van der Waals surface area (Å²) in [6.07, 6.45) is 2.48. The SMILES string of the molecule is O=C(O)C1CC(O)CN1C(=O)N1CCCCC1. The van der Waals surface area contributed by atoms with Crippen LogP contribution in [0.15, 0.2) is 0 Å². The van der Waals surface area contributed by atoms with E-state index >= 15 is 0 Å². The minimum absolute atomic E-state index is 0.131. The number of carboxylic acid groups (broad SMARTS) is 1. The largest absolute Gasteiger partial charge is 0.480 e. The van der Waals surface area contributed by atoms with Crippen LogP contribution in [0.5, 0.6) is 0 Å². The summed E-state index contributed by atoms with van der Waals surface area (Å²) in [4.78, 5) is 26.1. The van der Waals surface area contributed by atoms with Crippen LogP contribution in [0, 0.1) is 0 Å². The lowest BCUT2D eigenvalue weighted by Crippen LogP contribution is -2.49. The molecule has 2 N–H and O–H groups in total. The molecule has 2 rings (SSSR count). The zero-order valence-electron chi connectivity index (χ0n) is 9.71. The van der Waals surface area contributed by atoms with Crippen molar-refractivity contribution in [2.24, 2.45) is 0 Å². The Hall–Kier alpha value is -1.30. The van der Waals surface area contributed by atoms with Gasteiger partial charge in [0.25, 0.3) is 0 Å². The predicted octanol–water partition coefficient (Wildman–Crippen LogP) is 0.112. The Morgan fingerprint density at radius 1 is 1.12 bits per heavy atom. The number of piperidine rings is 1. The second-order valence-corrected chi connectivity index (χ2v) is 4.73. The molecule has 2 unspecified atom stereocenters. The van der Waals surface area contributed by atoms with E-state index < -0.39 is 18.1 Å². The summed E-state index contributed by atoms with van der Waals surface area (Å²) < 4.78 is 0. The molecule has 0 aliphatic carbocycles. The molecule has 6 heteroatoms. The maximum atomic E-state index is 12.1. The number of carbonyl (C=O) groups excluding carboxylic acids is 1. The van der Waals surface area contributed by atoms with Crippen LogP contribution in [0.25, 0.3) is 0 Å². The molecule has 2 atom stereocenters. The number of urea groups is 1. The summed E-state index contributed by atoms with van der Waals surface area (Å²) in [6, 6.07) is -1.12. The number of aliphatic hydroxyl groups is 1. The van der Waals surface area contributed by atoms with Gasteiger partial charge in [0.05, 0.1) is 6.10 Å². The van der Waals surface area contributed by atoms with Gasteiger partial charge in [-0.25, -0.2) is 9.59 Å². The van der Waals surface area contributed by atoms with Gasteiger partial charge in [-0.15, -0.1) is 0 Å². The lowest BCUT2D eigenvalue weighted by molar-refractivity contribution is -0.141. The number of hydrogen-bond acceptors (Lipinski definition) is 3. The lowest BCUT2D eigenvalue weighted by Gasteiger charge is -2.32. The number of aliphatic carboxylic acids is 1. The quantitative estimate of drug-likeness (QED) is 0.684. The number of β-amino-alcohol motifs (C(OH)–C–C–N with tert-alkyl or cyclic N) is 1. The molecule has 0 radical (unpaired) electrons. The smallest absolute Gasteiger partial charge is 0.326 e. The molecule has 2 heterocycles. The average Bonchev–Trinajstić information content (AvgIpc) is 2.72. The fraction of sp³-hybridized carbons (Fsp3) is 0.818. The first kappa shape index (κ1) is 12.2. The number of amides is 2. The van der Waals surface area contributed by atoms with Gasteiger partial charge in [-0.3, -0.25) is 0 Å². The third-order valence-corrected chi connectivity index (χ3v) is 3.44. The monoisotopic (exact) mass is 242 g/mol. The van der Waals surface area contributed by atoms with Crippen molar-refractivity contribution in [1.82, 2.24) is 9.80 Å². The maximum Gasteiger partial charge on any atom is 0.326 e. The Kier molecular flexibility index (Phi) is 3.51. The number of likely N-dealkylation sites (tertiary alicyclic amines) is 2. The molecule has 0 bridgehead atoms. The van der Waals surface area contributed by atoms with Crippen molar-refractivity contribution in [2.75, 3.05) is 19.6 Å². The first-order valence-electron chi connectivity index (χ1n) is 6.06. The van der Waals surface area contributed by atoms with Crippen LogP contribution in [-0.2, 0) is 4.79 Å². The van der Waals surface area contributed by atoms with Gasteiger partial charge in [-0.05, 0) is 19.3 Å². The van der Waals surface area contributed by atoms with E-state index in [1.165, 1.54) is 4.90 Å². The first-order valence-corrected chi connectivity index (χ1v) is 6.06. The molecule has 0 aromatic heterocycles. The number of hydrogen-bond donors (Lipinski definition) is 2. The van der Waals surface area contributed by atoms with E-state index in [2.05, 4.69) is 0 Å². The molecular formula is C11H18N2O4. The highest BCUT2D eigenvalue weighted by Gasteiger charge is 2.40. The van der Waals surface area contributed by atoms with Crippen molar-refractivity contribution in [3.05, 3.63) is 0 Å². The van der Waals surface area contributed by atoms with E-state index in [1.54, 1.807) is 4.90 Å². The van der Waals surface area contributed by atoms with Crippen LogP contribution in [0.2, 0.25) is 0 Å². The van der Waals surface area contributed by atoms with Crippen LogP contribution in [0.4, 0.5) is 4.79 Å². The van der Waals surface area contributed by atoms with Gasteiger partial charge >= 0.3 is 12.0 Å². The third-order valence-electron chi connectivity index (χ3n) is 3.44. The number of rotatable bonds is 1. The molecule has 2 fully saturated rings. The number of aliphatic hydroxyl groups excluding tert-OH is 1. The standard InChI is InChI=1S/C11H18N2O4/c14-8-6-9(10(15)16)13(7-8)11(17)12-4-2-1-3-5-12/h8-9,14H,1-7H2,(H,15,16). The van der Waals surface area contributed by atoms with Gasteiger partial charge in [0.2, 0.25) is 0 Å². The van der Waals surface area contributed by atoms with Crippen LogP contribution in [0.1, 0.15) is 25.7 Å². The molecule has 6 nitrogen and oxygen atoms in total. The molecule has 17 heavy (non-hydrogen) atoms. The fourth-order valence-electron chi connectivity index (χ4n) is 2.53. The van der Waals surface area contributed by atoms with Crippen LogP contribution < -0.4 is 0 Å². The van der Waals surface area contributed by atoms with E-state index in [4.69, 9.17) is 5.11 Å². The summed E-state index contributed by atoms with van der Waals surface area (Å²) in [5, 5.41) is 18.5. The Labute approximate surface area is 99.8 Å². The van der Waals surface area contributed by atoms with Crippen molar-refractivity contribution in [1.29, 1.82) is 0 Å². The number of carboxylic acids is 1. The second-order valence-electron chi connectivity index (χ2n) is 4.73. The Balaban J connectivity index is 2.04. The van der Waals surface area contributed by atoms with Crippen LogP contribution in [-0.4, -0.2) is 63.8 Å². The topological polar surface area (TPSA) is 81.1 Å². The molecule has 2 saturated heterocycles. The first-order chi connectivity index (χ1) is 8.09. The molecule has 0 aromatic carbocycles. The minimum Gasteiger partial charge on any atom is -0.480 e. The Morgan fingerprint density at radius 2 is 1.76 bits per heavy atom. The van der Waals surface area contributed by atoms with Crippen molar-refractivity contribution in [3.8, 4) is 0 Å². The predicted molar refractivity (Wildman–Crippen MR) is 59.6 cm³/mol. The molecule has 0 spiro atoms. The fourth-order valence-corrected chi connectivity index (χ4v) is 2.53. The van der Waals surface area contributed by atoms with Crippen LogP contribution in [0.3, 0.4) is 0 Å².